The molecule has 1 aromatic rings. The zero-order chi connectivity index (χ0) is 13.2. The molecule has 0 aliphatic carbocycles. The lowest BCUT2D eigenvalue weighted by Gasteiger charge is -1.92. The van der Waals surface area contributed by atoms with Gasteiger partial charge in [0.15, 0.2) is 0 Å². The summed E-state index contributed by atoms with van der Waals surface area (Å²) in [6.07, 6.45) is 4.78. The number of non-ortho nitro benzene ring substituents is 1. The molecule has 0 radical (unpaired) electrons. The molecule has 0 N–H and O–H groups in total. The number of nitro benzene ring substituents is 1. The number of hydrogen-bond donors (Lipinski definition) is 0. The second-order valence-electron chi connectivity index (χ2n) is 3.78. The second-order valence-corrected chi connectivity index (χ2v) is 3.78. The first-order valence-corrected chi connectivity index (χ1v) is 5.94. The van der Waals surface area contributed by atoms with Gasteiger partial charge in [-0.15, -0.1) is 5.92 Å². The summed E-state index contributed by atoms with van der Waals surface area (Å²) in [4.78, 5) is 14.3. The first-order chi connectivity index (χ1) is 8.74. The monoisotopic (exact) mass is 244 g/mol. The highest BCUT2D eigenvalue weighted by molar-refractivity contribution is 5.80. The fraction of sp³-hybridized carbons (Fsp3) is 0.357. The van der Waals surface area contributed by atoms with E-state index >= 15 is 0 Å². The highest BCUT2D eigenvalue weighted by atomic mass is 16.6. The average Bonchev–Trinajstić information content (AvgIpc) is 2.38. The normalized spacial score (nSPS) is 10.1. The van der Waals surface area contributed by atoms with E-state index in [2.05, 4.69) is 23.8 Å². The summed E-state index contributed by atoms with van der Waals surface area (Å²) in [6, 6.07) is 6.38. The van der Waals surface area contributed by atoms with Crippen LogP contribution >= 0.6 is 0 Å². The molecule has 0 aromatic heterocycles. The van der Waals surface area contributed by atoms with Crippen molar-refractivity contribution in [3.63, 3.8) is 0 Å². The molecule has 0 saturated heterocycles. The van der Waals surface area contributed by atoms with E-state index in [1.807, 2.05) is 0 Å². The largest absolute Gasteiger partial charge is 0.280 e. The number of nitrogens with zero attached hydrogens (tertiary/aromatic N) is 2. The Morgan fingerprint density at radius 2 is 2.28 bits per heavy atom. The van der Waals surface area contributed by atoms with Crippen molar-refractivity contribution in [3.8, 4) is 11.8 Å². The summed E-state index contributed by atoms with van der Waals surface area (Å²) < 4.78 is 0. The van der Waals surface area contributed by atoms with Gasteiger partial charge < -0.3 is 0 Å². The lowest BCUT2D eigenvalue weighted by Crippen LogP contribution is -1.89. The Morgan fingerprint density at radius 3 is 3.00 bits per heavy atom. The lowest BCUT2D eigenvalue weighted by atomic mass is 10.2. The van der Waals surface area contributed by atoms with Gasteiger partial charge in [-0.2, -0.15) is 0 Å². The highest BCUT2D eigenvalue weighted by Crippen LogP contribution is 2.11. The topological polar surface area (TPSA) is 55.5 Å². The van der Waals surface area contributed by atoms with E-state index in [-0.39, 0.29) is 5.69 Å². The molecule has 1 aromatic carbocycles. The van der Waals surface area contributed by atoms with Crippen molar-refractivity contribution in [1.29, 1.82) is 0 Å². The number of nitro groups is 1. The predicted molar refractivity (Wildman–Crippen MR) is 72.9 cm³/mol. The molecule has 0 aliphatic heterocycles. The summed E-state index contributed by atoms with van der Waals surface area (Å²) in [5, 5.41) is 10.6. The maximum absolute atomic E-state index is 10.6. The minimum atomic E-state index is -0.415. The van der Waals surface area contributed by atoms with Gasteiger partial charge in [-0.05, 0) is 12.0 Å². The van der Waals surface area contributed by atoms with Gasteiger partial charge in [-0.25, -0.2) is 0 Å². The Morgan fingerprint density at radius 1 is 1.44 bits per heavy atom. The Hall–Kier alpha value is -2.15. The molecular formula is C14H16N2O2. The van der Waals surface area contributed by atoms with Crippen LogP contribution in [0.1, 0.15) is 31.7 Å². The molecule has 1 rings (SSSR count). The molecule has 18 heavy (non-hydrogen) atoms. The molecule has 0 aliphatic rings. The van der Waals surface area contributed by atoms with Gasteiger partial charge in [-0.3, -0.25) is 15.1 Å². The van der Waals surface area contributed by atoms with Crippen LogP contribution in [0.25, 0.3) is 0 Å². The molecule has 0 amide bonds. The third-order valence-electron chi connectivity index (χ3n) is 2.27. The van der Waals surface area contributed by atoms with Gasteiger partial charge in [0.05, 0.1) is 11.5 Å². The number of unbranched alkanes of at least 4 members (excludes halogenated alkanes) is 2. The Bertz CT molecular complexity index is 484. The fourth-order valence-electron chi connectivity index (χ4n) is 1.32. The van der Waals surface area contributed by atoms with Gasteiger partial charge in [0.1, 0.15) is 0 Å². The van der Waals surface area contributed by atoms with Crippen molar-refractivity contribution < 1.29 is 4.92 Å². The van der Waals surface area contributed by atoms with Gasteiger partial charge >= 0.3 is 0 Å². The maximum atomic E-state index is 10.6. The van der Waals surface area contributed by atoms with Crippen LogP contribution in [0.2, 0.25) is 0 Å². The molecule has 0 bridgehead atoms. The highest BCUT2D eigenvalue weighted by Gasteiger charge is 2.03. The smallest absolute Gasteiger partial charge is 0.270 e. The molecule has 0 fully saturated rings. The molecular weight excluding hydrogens is 228 g/mol. The Balaban J connectivity index is 2.48. The average molecular weight is 244 g/mol. The molecule has 0 heterocycles. The quantitative estimate of drug-likeness (QED) is 0.262. The summed E-state index contributed by atoms with van der Waals surface area (Å²) in [5.41, 5.74) is 0.799. The number of rotatable bonds is 5. The molecule has 0 atom stereocenters. The van der Waals surface area contributed by atoms with Gasteiger partial charge in [0.2, 0.25) is 0 Å². The van der Waals surface area contributed by atoms with E-state index in [1.165, 1.54) is 12.1 Å². The van der Waals surface area contributed by atoms with E-state index < -0.39 is 4.92 Å². The number of benzene rings is 1. The summed E-state index contributed by atoms with van der Waals surface area (Å²) in [5.74, 6) is 5.98. The molecule has 4 heteroatoms. The molecule has 94 valence electrons. The second kappa shape index (κ2) is 8.02. The fourth-order valence-corrected chi connectivity index (χ4v) is 1.32. The molecule has 0 spiro atoms. The van der Waals surface area contributed by atoms with Crippen molar-refractivity contribution in [3.05, 3.63) is 39.9 Å². The standard InChI is InChI=1S/C14H16N2O2/c1-2-3-4-5-6-10-15-12-13-8-7-9-14(11-13)16(17)18/h7-9,11-12H,2-4,10H2,1H3/b15-12+. The first kappa shape index (κ1) is 13.9. The zero-order valence-corrected chi connectivity index (χ0v) is 10.4. The Kier molecular flexibility index (Phi) is 6.20. The first-order valence-electron chi connectivity index (χ1n) is 5.94. The minimum Gasteiger partial charge on any atom is -0.280 e. The van der Waals surface area contributed by atoms with Crippen LogP contribution in [0.3, 0.4) is 0 Å². The third kappa shape index (κ3) is 5.26. The zero-order valence-electron chi connectivity index (χ0n) is 10.4. The molecule has 0 saturated carbocycles. The van der Waals surface area contributed by atoms with Crippen LogP contribution in [0, 0.1) is 22.0 Å². The van der Waals surface area contributed by atoms with Crippen LogP contribution in [0.15, 0.2) is 29.3 Å². The van der Waals surface area contributed by atoms with Crippen LogP contribution < -0.4 is 0 Å². The summed E-state index contributed by atoms with van der Waals surface area (Å²) >= 11 is 0. The van der Waals surface area contributed by atoms with Gasteiger partial charge in [0, 0.05) is 24.8 Å². The lowest BCUT2D eigenvalue weighted by molar-refractivity contribution is -0.384. The van der Waals surface area contributed by atoms with Crippen LogP contribution in [0.4, 0.5) is 5.69 Å². The van der Waals surface area contributed by atoms with Gasteiger partial charge in [0.25, 0.3) is 5.69 Å². The van der Waals surface area contributed by atoms with Crippen molar-refractivity contribution in [2.45, 2.75) is 26.2 Å². The molecule has 4 nitrogen and oxygen atoms in total. The van der Waals surface area contributed by atoms with E-state index in [0.29, 0.717) is 6.54 Å². The van der Waals surface area contributed by atoms with E-state index in [0.717, 1.165) is 24.8 Å². The van der Waals surface area contributed by atoms with E-state index in [1.54, 1.807) is 18.3 Å². The third-order valence-corrected chi connectivity index (χ3v) is 2.27. The van der Waals surface area contributed by atoms with E-state index in [9.17, 15) is 10.1 Å². The maximum Gasteiger partial charge on any atom is 0.270 e. The Labute approximate surface area is 107 Å². The summed E-state index contributed by atoms with van der Waals surface area (Å²) in [6.45, 7) is 2.56. The minimum absolute atomic E-state index is 0.0768. The SMILES string of the molecule is CCCCC#CC/N=C/c1cccc([N+](=O)[O-])c1. The van der Waals surface area contributed by atoms with Crippen LogP contribution in [-0.2, 0) is 0 Å². The van der Waals surface area contributed by atoms with Crippen molar-refractivity contribution in [2.75, 3.05) is 6.54 Å². The van der Waals surface area contributed by atoms with Crippen LogP contribution in [0.5, 0.6) is 0 Å². The predicted octanol–water partition coefficient (Wildman–Crippen LogP) is 3.21. The number of hydrogen-bond acceptors (Lipinski definition) is 3. The van der Waals surface area contributed by atoms with Gasteiger partial charge in [-0.1, -0.05) is 31.4 Å². The summed E-state index contributed by atoms with van der Waals surface area (Å²) in [7, 11) is 0. The van der Waals surface area contributed by atoms with Crippen molar-refractivity contribution in [1.82, 2.24) is 0 Å². The van der Waals surface area contributed by atoms with E-state index in [4.69, 9.17) is 0 Å². The van der Waals surface area contributed by atoms with Crippen molar-refractivity contribution >= 4 is 11.9 Å². The number of aliphatic imine (C=N–C) groups is 1. The molecule has 0 unspecified atom stereocenters. The van der Waals surface area contributed by atoms with Crippen molar-refractivity contribution in [2.24, 2.45) is 4.99 Å². The van der Waals surface area contributed by atoms with Crippen LogP contribution in [-0.4, -0.2) is 17.7 Å².